The number of ether oxygens (including phenoxy) is 1. The number of amides is 1. The highest BCUT2D eigenvalue weighted by atomic mass is 32.2. The number of hydrogen-bond acceptors (Lipinski definition) is 6. The third-order valence-corrected chi connectivity index (χ3v) is 6.05. The molecule has 29 heavy (non-hydrogen) atoms. The first kappa shape index (κ1) is 23.5. The van der Waals surface area contributed by atoms with Crippen LogP contribution in [0.15, 0.2) is 41.3 Å². The Balaban J connectivity index is 1.92. The van der Waals surface area contributed by atoms with E-state index in [2.05, 4.69) is 10.0 Å². The lowest BCUT2D eigenvalue weighted by molar-refractivity contribution is -0.125. The molecule has 0 radical (unpaired) electrons. The zero-order chi connectivity index (χ0) is 21.4. The largest absolute Gasteiger partial charge is 0.394 e. The summed E-state index contributed by atoms with van der Waals surface area (Å²) in [4.78, 5) is 14.3. The Hall–Kier alpha value is -1.78. The van der Waals surface area contributed by atoms with Crippen molar-refractivity contribution in [3.05, 3.63) is 42.0 Å². The molecule has 8 nitrogen and oxygen atoms in total. The van der Waals surface area contributed by atoms with Gasteiger partial charge in [-0.25, -0.2) is 13.1 Å². The molecule has 1 aliphatic rings. The Morgan fingerprint density at radius 1 is 1.21 bits per heavy atom. The molecule has 1 aromatic carbocycles. The van der Waals surface area contributed by atoms with Crippen LogP contribution in [-0.4, -0.2) is 76.4 Å². The second-order valence-corrected chi connectivity index (χ2v) is 9.17. The van der Waals surface area contributed by atoms with E-state index in [1.54, 1.807) is 24.3 Å². The first-order chi connectivity index (χ1) is 13.7. The van der Waals surface area contributed by atoms with E-state index in [0.717, 1.165) is 18.5 Å². The van der Waals surface area contributed by atoms with Gasteiger partial charge in [0, 0.05) is 6.54 Å². The highest BCUT2D eigenvalue weighted by Crippen LogP contribution is 2.18. The summed E-state index contributed by atoms with van der Waals surface area (Å²) in [6.07, 6.45) is 2.98. The van der Waals surface area contributed by atoms with Gasteiger partial charge in [-0.05, 0) is 46.1 Å². The van der Waals surface area contributed by atoms with Gasteiger partial charge in [-0.2, -0.15) is 0 Å². The Labute approximate surface area is 173 Å². The number of benzene rings is 1. The average molecular weight is 426 g/mol. The molecule has 1 aliphatic heterocycles. The maximum Gasteiger partial charge on any atom is 0.241 e. The van der Waals surface area contributed by atoms with Crippen molar-refractivity contribution in [2.24, 2.45) is 0 Å². The van der Waals surface area contributed by atoms with E-state index in [0.29, 0.717) is 6.54 Å². The highest BCUT2D eigenvalue weighted by molar-refractivity contribution is 7.89. The minimum absolute atomic E-state index is 0.117. The van der Waals surface area contributed by atoms with Crippen molar-refractivity contribution in [2.75, 3.05) is 33.8 Å². The molecule has 0 aliphatic carbocycles. The number of nitrogens with one attached hydrogen (secondary N) is 2. The van der Waals surface area contributed by atoms with Crippen LogP contribution in [0.4, 0.5) is 0 Å². The van der Waals surface area contributed by atoms with Gasteiger partial charge in [0.15, 0.2) is 0 Å². The van der Waals surface area contributed by atoms with Gasteiger partial charge in [-0.1, -0.05) is 29.8 Å². The van der Waals surface area contributed by atoms with Crippen LogP contribution in [0.3, 0.4) is 0 Å². The van der Waals surface area contributed by atoms with E-state index in [4.69, 9.17) is 4.74 Å². The molecule has 162 valence electrons. The summed E-state index contributed by atoms with van der Waals surface area (Å²) in [6, 6.07) is 5.78. The van der Waals surface area contributed by atoms with Crippen molar-refractivity contribution in [1.29, 1.82) is 0 Å². The topological polar surface area (TPSA) is 108 Å². The van der Waals surface area contributed by atoms with E-state index in [9.17, 15) is 18.3 Å². The van der Waals surface area contributed by atoms with Crippen molar-refractivity contribution in [1.82, 2.24) is 14.9 Å². The third-order valence-electron chi connectivity index (χ3n) is 4.58. The quantitative estimate of drug-likeness (QED) is 0.370. The summed E-state index contributed by atoms with van der Waals surface area (Å²) in [6.45, 7) is 2.97. The Morgan fingerprint density at radius 2 is 1.90 bits per heavy atom. The number of carbonyl (C=O) groups is 1. The second-order valence-electron chi connectivity index (χ2n) is 7.45. The summed E-state index contributed by atoms with van der Waals surface area (Å²) in [7, 11) is 0.189. The minimum Gasteiger partial charge on any atom is -0.394 e. The lowest BCUT2D eigenvalue weighted by Crippen LogP contribution is -2.49. The number of aryl methyl sites for hydroxylation is 1. The lowest BCUT2D eigenvalue weighted by atomic mass is 10.1. The number of aliphatic hydroxyl groups excluding tert-OH is 1. The molecule has 0 aromatic heterocycles. The van der Waals surface area contributed by atoms with Gasteiger partial charge >= 0.3 is 0 Å². The summed E-state index contributed by atoms with van der Waals surface area (Å²) >= 11 is 0. The summed E-state index contributed by atoms with van der Waals surface area (Å²) < 4.78 is 33.4. The lowest BCUT2D eigenvalue weighted by Gasteiger charge is -2.31. The first-order valence-corrected chi connectivity index (χ1v) is 11.1. The average Bonchev–Trinajstić information content (AvgIpc) is 2.66. The van der Waals surface area contributed by atoms with Crippen LogP contribution in [0.5, 0.6) is 0 Å². The molecule has 3 atom stereocenters. The Morgan fingerprint density at radius 3 is 2.52 bits per heavy atom. The molecule has 0 spiro atoms. The molecular weight excluding hydrogens is 394 g/mol. The van der Waals surface area contributed by atoms with Crippen molar-refractivity contribution in [3.8, 4) is 0 Å². The number of nitrogens with zero attached hydrogens (tertiary/aromatic N) is 1. The fourth-order valence-electron chi connectivity index (χ4n) is 2.95. The fraction of sp³-hybridized carbons (Fsp3) is 0.550. The maximum atomic E-state index is 12.6. The van der Waals surface area contributed by atoms with Crippen molar-refractivity contribution in [2.45, 2.75) is 42.9 Å². The van der Waals surface area contributed by atoms with Crippen LogP contribution in [0, 0.1) is 6.92 Å². The van der Waals surface area contributed by atoms with Gasteiger partial charge in [0.1, 0.15) is 6.10 Å². The van der Waals surface area contributed by atoms with Crippen molar-refractivity contribution < 1.29 is 23.1 Å². The number of rotatable bonds is 10. The third kappa shape index (κ3) is 7.52. The number of carbonyl (C=O) groups excluding carboxylic acids is 1. The molecule has 9 heteroatoms. The number of aliphatic hydroxyl groups is 1. The second kappa shape index (κ2) is 10.8. The van der Waals surface area contributed by atoms with E-state index >= 15 is 0 Å². The van der Waals surface area contributed by atoms with Gasteiger partial charge in [-0.15, -0.1) is 0 Å². The summed E-state index contributed by atoms with van der Waals surface area (Å²) in [5, 5.41) is 12.5. The van der Waals surface area contributed by atoms with Crippen LogP contribution in [0.1, 0.15) is 18.4 Å². The normalized spacial score (nSPS) is 22.0. The van der Waals surface area contributed by atoms with E-state index in [1.165, 1.54) is 12.1 Å². The van der Waals surface area contributed by atoms with Gasteiger partial charge in [0.05, 0.1) is 30.1 Å². The molecular formula is C20H31N3O5S. The van der Waals surface area contributed by atoms with Crippen LogP contribution < -0.4 is 10.0 Å². The van der Waals surface area contributed by atoms with E-state index < -0.39 is 28.3 Å². The summed E-state index contributed by atoms with van der Waals surface area (Å²) in [5.41, 5.74) is 0.959. The van der Waals surface area contributed by atoms with Crippen LogP contribution >= 0.6 is 0 Å². The minimum atomic E-state index is -3.76. The van der Waals surface area contributed by atoms with Crippen LogP contribution in [0.2, 0.25) is 0 Å². The molecule has 0 unspecified atom stereocenters. The first-order valence-electron chi connectivity index (χ1n) is 9.66. The molecule has 1 amide bonds. The van der Waals surface area contributed by atoms with Gasteiger partial charge in [0.2, 0.25) is 15.9 Å². The molecule has 1 aromatic rings. The Kier molecular flexibility index (Phi) is 8.79. The fourth-order valence-corrected chi connectivity index (χ4v) is 4.17. The van der Waals surface area contributed by atoms with E-state index in [-0.39, 0.29) is 23.8 Å². The molecule has 3 N–H and O–H groups in total. The zero-order valence-electron chi connectivity index (χ0n) is 17.2. The molecule has 0 bridgehead atoms. The van der Waals surface area contributed by atoms with Crippen LogP contribution in [-0.2, 0) is 19.6 Å². The van der Waals surface area contributed by atoms with Crippen LogP contribution in [0.25, 0.3) is 0 Å². The molecule has 0 fully saturated rings. The number of sulfonamides is 1. The predicted molar refractivity (Wildman–Crippen MR) is 111 cm³/mol. The number of hydrogen-bond donors (Lipinski definition) is 3. The summed E-state index contributed by atoms with van der Waals surface area (Å²) in [5.74, 6) is -0.145. The van der Waals surface area contributed by atoms with Gasteiger partial charge in [-0.3, -0.25) is 4.79 Å². The Bertz CT molecular complexity index is 793. The maximum absolute atomic E-state index is 12.6. The molecule has 2 rings (SSSR count). The van der Waals surface area contributed by atoms with Gasteiger partial charge < -0.3 is 20.1 Å². The highest BCUT2D eigenvalue weighted by Gasteiger charge is 2.31. The van der Waals surface area contributed by atoms with Crippen molar-refractivity contribution >= 4 is 15.9 Å². The van der Waals surface area contributed by atoms with Gasteiger partial charge in [0.25, 0.3) is 0 Å². The van der Waals surface area contributed by atoms with E-state index in [1.807, 2.05) is 25.9 Å². The molecule has 1 heterocycles. The SMILES string of the molecule is Cc1ccc(S(=O)(=O)N[C@H]2C=C[C@@H](CC(=O)NCCCN(C)C)O[C@H]2CO)cc1. The molecule has 0 saturated carbocycles. The zero-order valence-corrected chi connectivity index (χ0v) is 18.0. The van der Waals surface area contributed by atoms with Crippen molar-refractivity contribution in [3.63, 3.8) is 0 Å². The molecule has 0 saturated heterocycles. The standard InChI is InChI=1S/C20H31N3O5S/c1-15-5-8-17(9-6-15)29(26,27)22-18-10-7-16(28-19(18)14-24)13-20(25)21-11-4-12-23(2)3/h5-10,16,18-19,22,24H,4,11-14H2,1-3H3,(H,21,25)/t16-,18-,19-/m0/s1. The monoisotopic (exact) mass is 425 g/mol. The predicted octanol–water partition coefficient (Wildman–Crippen LogP) is 0.416. The smallest absolute Gasteiger partial charge is 0.241 e.